The van der Waals surface area contributed by atoms with Gasteiger partial charge < -0.3 is 0 Å². The molecule has 1 aliphatic heterocycles. The van der Waals surface area contributed by atoms with E-state index >= 15 is 0 Å². The number of rotatable bonds is 4. The van der Waals surface area contributed by atoms with Crippen LogP contribution in [0.2, 0.25) is 0 Å². The maximum absolute atomic E-state index is 12.1. The number of carbonyl (C=O) groups is 1. The Morgan fingerprint density at radius 3 is 2.42 bits per heavy atom. The molecule has 0 saturated carbocycles. The molecule has 1 aliphatic rings. The van der Waals surface area contributed by atoms with E-state index in [0.717, 1.165) is 28.7 Å². The van der Waals surface area contributed by atoms with E-state index in [1.54, 1.807) is 12.1 Å². The van der Waals surface area contributed by atoms with E-state index < -0.39 is 10.0 Å². The SMILES string of the molecule is CC(=O)N1N=C(c2ccc(C)cc2)C[C@H]1c1ccccc1NS(C)(=O)=O. The number of hydrogen-bond donors (Lipinski definition) is 1. The summed E-state index contributed by atoms with van der Waals surface area (Å²) in [7, 11) is -3.43. The van der Waals surface area contributed by atoms with Crippen molar-refractivity contribution in [2.45, 2.75) is 26.3 Å². The molecule has 0 bridgehead atoms. The third kappa shape index (κ3) is 3.94. The normalized spacial score (nSPS) is 17.1. The number of amides is 1. The van der Waals surface area contributed by atoms with E-state index in [2.05, 4.69) is 9.82 Å². The molecule has 26 heavy (non-hydrogen) atoms. The Morgan fingerprint density at radius 2 is 1.81 bits per heavy atom. The first-order valence-electron chi connectivity index (χ1n) is 8.25. The Bertz CT molecular complexity index is 966. The minimum absolute atomic E-state index is 0.189. The van der Waals surface area contributed by atoms with Gasteiger partial charge >= 0.3 is 0 Å². The molecule has 1 amide bonds. The number of sulfonamides is 1. The summed E-state index contributed by atoms with van der Waals surface area (Å²) in [6, 6.07) is 14.7. The van der Waals surface area contributed by atoms with E-state index in [0.29, 0.717) is 12.1 Å². The number of nitrogens with zero attached hydrogens (tertiary/aromatic N) is 2. The van der Waals surface area contributed by atoms with Crippen LogP contribution in [0.1, 0.15) is 36.1 Å². The van der Waals surface area contributed by atoms with Crippen LogP contribution < -0.4 is 4.72 Å². The second-order valence-corrected chi connectivity index (χ2v) is 8.21. The molecule has 1 atom stereocenters. The molecule has 2 aromatic rings. The fourth-order valence-electron chi connectivity index (χ4n) is 3.04. The van der Waals surface area contributed by atoms with E-state index in [-0.39, 0.29) is 11.9 Å². The summed E-state index contributed by atoms with van der Waals surface area (Å²) in [6.45, 7) is 3.47. The van der Waals surface area contributed by atoms with Gasteiger partial charge in [0.25, 0.3) is 0 Å². The number of hydrazone groups is 1. The molecule has 0 fully saturated rings. The molecule has 0 radical (unpaired) electrons. The fraction of sp³-hybridized carbons (Fsp3) is 0.263. The summed E-state index contributed by atoms with van der Waals surface area (Å²) < 4.78 is 25.9. The second-order valence-electron chi connectivity index (χ2n) is 6.46. The van der Waals surface area contributed by atoms with Gasteiger partial charge in [0.1, 0.15) is 0 Å². The summed E-state index contributed by atoms with van der Waals surface area (Å²) in [4.78, 5) is 12.1. The monoisotopic (exact) mass is 371 g/mol. The van der Waals surface area contributed by atoms with Crippen LogP contribution in [0.15, 0.2) is 53.6 Å². The highest BCUT2D eigenvalue weighted by atomic mass is 32.2. The second kappa shape index (κ2) is 6.92. The molecule has 6 nitrogen and oxygen atoms in total. The van der Waals surface area contributed by atoms with Crippen LogP contribution in [-0.2, 0) is 14.8 Å². The molecule has 3 rings (SSSR count). The lowest BCUT2D eigenvalue weighted by Crippen LogP contribution is -2.25. The summed E-state index contributed by atoms with van der Waals surface area (Å²) in [5, 5.41) is 5.93. The lowest BCUT2D eigenvalue weighted by Gasteiger charge is -2.23. The number of anilines is 1. The highest BCUT2D eigenvalue weighted by molar-refractivity contribution is 7.92. The van der Waals surface area contributed by atoms with Gasteiger partial charge in [0, 0.05) is 18.9 Å². The van der Waals surface area contributed by atoms with Gasteiger partial charge in [-0.1, -0.05) is 48.0 Å². The maximum atomic E-state index is 12.1. The highest BCUT2D eigenvalue weighted by Gasteiger charge is 2.33. The first kappa shape index (κ1) is 18.1. The number of hydrogen-bond acceptors (Lipinski definition) is 4. The van der Waals surface area contributed by atoms with Crippen LogP contribution >= 0.6 is 0 Å². The Labute approximate surface area is 153 Å². The van der Waals surface area contributed by atoms with Gasteiger partial charge in [-0.05, 0) is 18.6 Å². The minimum Gasteiger partial charge on any atom is -0.283 e. The zero-order valence-corrected chi connectivity index (χ0v) is 15.7. The molecular weight excluding hydrogens is 350 g/mol. The smallest absolute Gasteiger partial charge is 0.240 e. The third-order valence-electron chi connectivity index (χ3n) is 4.23. The minimum atomic E-state index is -3.43. The zero-order chi connectivity index (χ0) is 18.9. The summed E-state index contributed by atoms with van der Waals surface area (Å²) in [5.74, 6) is -0.189. The number of para-hydroxylation sites is 1. The van der Waals surface area contributed by atoms with E-state index in [4.69, 9.17) is 0 Å². The number of carbonyl (C=O) groups excluding carboxylic acids is 1. The van der Waals surface area contributed by atoms with Crippen molar-refractivity contribution >= 4 is 27.3 Å². The Kier molecular flexibility index (Phi) is 4.82. The van der Waals surface area contributed by atoms with Crippen LogP contribution in [0, 0.1) is 6.92 Å². The molecule has 0 aromatic heterocycles. The molecule has 7 heteroatoms. The lowest BCUT2D eigenvalue weighted by molar-refractivity contribution is -0.130. The highest BCUT2D eigenvalue weighted by Crippen LogP contribution is 2.36. The predicted molar refractivity (Wildman–Crippen MR) is 103 cm³/mol. The van der Waals surface area contributed by atoms with Crippen molar-refractivity contribution in [2.24, 2.45) is 5.10 Å². The number of aryl methyl sites for hydroxylation is 1. The van der Waals surface area contributed by atoms with Crippen molar-refractivity contribution in [2.75, 3.05) is 11.0 Å². The van der Waals surface area contributed by atoms with Gasteiger partial charge in [0.15, 0.2) is 0 Å². The van der Waals surface area contributed by atoms with Crippen LogP contribution in [0.3, 0.4) is 0 Å². The quantitative estimate of drug-likeness (QED) is 0.897. The largest absolute Gasteiger partial charge is 0.283 e. The molecule has 1 N–H and O–H groups in total. The van der Waals surface area contributed by atoms with E-state index in [1.165, 1.54) is 11.9 Å². The van der Waals surface area contributed by atoms with Gasteiger partial charge in [0.2, 0.25) is 15.9 Å². The Balaban J connectivity index is 1.99. The molecule has 2 aromatic carbocycles. The van der Waals surface area contributed by atoms with Crippen LogP contribution in [0.4, 0.5) is 5.69 Å². The number of nitrogens with one attached hydrogen (secondary N) is 1. The molecule has 0 aliphatic carbocycles. The zero-order valence-electron chi connectivity index (χ0n) is 14.9. The topological polar surface area (TPSA) is 78.8 Å². The van der Waals surface area contributed by atoms with Crippen molar-refractivity contribution in [3.05, 3.63) is 65.2 Å². The molecule has 0 saturated heterocycles. The van der Waals surface area contributed by atoms with Crippen LogP contribution in [0.25, 0.3) is 0 Å². The standard InChI is InChI=1S/C19H21N3O3S/c1-13-8-10-15(11-9-13)18-12-19(22(20-18)14(2)23)16-6-4-5-7-17(16)21-26(3,24)25/h4-11,19,21H,12H2,1-3H3/t19-/m0/s1. The number of benzene rings is 2. The van der Waals surface area contributed by atoms with E-state index in [1.807, 2.05) is 43.3 Å². The summed E-state index contributed by atoms with van der Waals surface area (Å²) in [6.07, 6.45) is 1.63. The molecule has 0 spiro atoms. The molecular formula is C19H21N3O3S. The Hall–Kier alpha value is -2.67. The average Bonchev–Trinajstić information content (AvgIpc) is 3.00. The fourth-order valence-corrected chi connectivity index (χ4v) is 3.63. The first-order valence-corrected chi connectivity index (χ1v) is 10.1. The van der Waals surface area contributed by atoms with Crippen molar-refractivity contribution in [3.63, 3.8) is 0 Å². The van der Waals surface area contributed by atoms with Gasteiger partial charge in [0.05, 0.1) is 23.7 Å². The van der Waals surface area contributed by atoms with E-state index in [9.17, 15) is 13.2 Å². The van der Waals surface area contributed by atoms with Crippen molar-refractivity contribution < 1.29 is 13.2 Å². The van der Waals surface area contributed by atoms with Crippen LogP contribution in [0.5, 0.6) is 0 Å². The van der Waals surface area contributed by atoms with Gasteiger partial charge in [-0.25, -0.2) is 13.4 Å². The van der Waals surface area contributed by atoms with Crippen molar-refractivity contribution in [1.82, 2.24) is 5.01 Å². The summed E-state index contributed by atoms with van der Waals surface area (Å²) >= 11 is 0. The molecule has 136 valence electrons. The van der Waals surface area contributed by atoms with Crippen LogP contribution in [-0.4, -0.2) is 31.3 Å². The average molecular weight is 371 g/mol. The summed E-state index contributed by atoms with van der Waals surface area (Å²) in [5.41, 5.74) is 4.10. The third-order valence-corrected chi connectivity index (χ3v) is 4.82. The van der Waals surface area contributed by atoms with Gasteiger partial charge in [-0.3, -0.25) is 9.52 Å². The predicted octanol–water partition coefficient (Wildman–Crippen LogP) is 3.06. The van der Waals surface area contributed by atoms with Crippen molar-refractivity contribution in [3.8, 4) is 0 Å². The van der Waals surface area contributed by atoms with Gasteiger partial charge in [-0.15, -0.1) is 0 Å². The lowest BCUT2D eigenvalue weighted by atomic mass is 9.97. The Morgan fingerprint density at radius 1 is 1.15 bits per heavy atom. The van der Waals surface area contributed by atoms with Crippen molar-refractivity contribution in [1.29, 1.82) is 0 Å². The maximum Gasteiger partial charge on any atom is 0.240 e. The van der Waals surface area contributed by atoms with Gasteiger partial charge in [-0.2, -0.15) is 5.10 Å². The molecule has 1 heterocycles. The molecule has 0 unspecified atom stereocenters. The first-order chi connectivity index (χ1) is 12.2.